The first-order chi connectivity index (χ1) is 20.5. The van der Waals surface area contributed by atoms with Crippen LogP contribution in [0, 0.1) is 0 Å². The zero-order valence-electron chi connectivity index (χ0n) is 28.9. The van der Waals surface area contributed by atoms with Gasteiger partial charge in [-0.05, 0) is 30.5 Å². The summed E-state index contributed by atoms with van der Waals surface area (Å²) in [7, 11) is -4.35. The number of aryl methyl sites for hydroxylation is 1. The molecule has 3 nitrogen and oxygen atoms in total. The van der Waals surface area contributed by atoms with E-state index in [1.165, 1.54) is 198 Å². The second-order valence-corrected chi connectivity index (χ2v) is 14.5. The number of hydrogen-bond acceptors (Lipinski definition) is 3. The van der Waals surface area contributed by atoms with Gasteiger partial charge in [-0.15, -0.1) is 0 Å². The Labute approximate surface area is 312 Å². The van der Waals surface area contributed by atoms with Gasteiger partial charge in [-0.25, -0.2) is 8.42 Å². The van der Waals surface area contributed by atoms with Gasteiger partial charge in [-0.2, -0.15) is 0 Å². The fourth-order valence-electron chi connectivity index (χ4n) is 6.21. The van der Waals surface area contributed by atoms with Crippen LogP contribution < -0.4 is 51.4 Å². The Bertz CT molecular complexity index is 811. The van der Waals surface area contributed by atoms with E-state index in [9.17, 15) is 13.0 Å². The van der Waals surface area contributed by atoms with E-state index < -0.39 is 10.1 Å². The molecule has 0 fully saturated rings. The molecule has 0 saturated heterocycles. The molecule has 1 rings (SSSR count). The molecule has 43 heavy (non-hydrogen) atoms. The van der Waals surface area contributed by atoms with E-state index in [0.29, 0.717) is 0 Å². The summed E-state index contributed by atoms with van der Waals surface area (Å²) in [4.78, 5) is -0.106. The molecule has 0 N–H and O–H groups in total. The quantitative estimate of drug-likeness (QED) is 0.0446. The molecular formula is C38H69KO3S. The SMILES string of the molecule is CCCCCCCCCCCCCCCCCCCCCCCCCCCCCCCCc1cccc(S(=O)(=O)[O-])c1.[K+]. The van der Waals surface area contributed by atoms with Gasteiger partial charge in [-0.3, -0.25) is 0 Å². The first-order valence-electron chi connectivity index (χ1n) is 18.6. The third kappa shape index (κ3) is 29.9. The van der Waals surface area contributed by atoms with E-state index in [0.717, 1.165) is 18.4 Å². The van der Waals surface area contributed by atoms with Gasteiger partial charge in [0.15, 0.2) is 0 Å². The molecule has 0 atom stereocenters. The van der Waals surface area contributed by atoms with Crippen LogP contribution >= 0.6 is 0 Å². The van der Waals surface area contributed by atoms with Crippen molar-refractivity contribution in [3.63, 3.8) is 0 Å². The molecule has 0 saturated carbocycles. The zero-order chi connectivity index (χ0) is 30.4. The maximum atomic E-state index is 11.1. The summed E-state index contributed by atoms with van der Waals surface area (Å²) in [6, 6.07) is 6.50. The third-order valence-electron chi connectivity index (χ3n) is 9.01. The summed E-state index contributed by atoms with van der Waals surface area (Å²) < 4.78 is 33.4. The summed E-state index contributed by atoms with van der Waals surface area (Å²) in [5, 5.41) is 0. The summed E-state index contributed by atoms with van der Waals surface area (Å²) in [5.41, 5.74) is 0.951. The Kier molecular flexibility index (Phi) is 33.3. The molecule has 1 aromatic rings. The second-order valence-electron chi connectivity index (χ2n) is 13.1. The Hall–Kier alpha value is 0.766. The van der Waals surface area contributed by atoms with Gasteiger partial charge in [0.25, 0.3) is 0 Å². The topological polar surface area (TPSA) is 57.2 Å². The van der Waals surface area contributed by atoms with Gasteiger partial charge >= 0.3 is 51.4 Å². The minimum atomic E-state index is -4.35. The monoisotopic (exact) mass is 644 g/mol. The van der Waals surface area contributed by atoms with Gasteiger partial charge in [0, 0.05) is 0 Å². The van der Waals surface area contributed by atoms with Crippen LogP contribution in [0.1, 0.15) is 205 Å². The second kappa shape index (κ2) is 32.7. The molecule has 0 aliphatic rings. The third-order valence-corrected chi connectivity index (χ3v) is 9.84. The predicted octanol–water partition coefficient (Wildman–Crippen LogP) is 9.86. The molecule has 246 valence electrons. The standard InChI is InChI=1S/C38H70O3S.K/c1-2-3-4-5-6-7-8-9-10-11-12-13-14-15-16-17-18-19-20-21-22-23-24-25-26-27-28-29-30-31-33-37-34-32-35-38(36-37)42(39,40)41;/h32,34-36H,2-31,33H2,1H3,(H,39,40,41);/q;+1/p-1. The maximum Gasteiger partial charge on any atom is 1.00 e. The van der Waals surface area contributed by atoms with E-state index in [2.05, 4.69) is 6.92 Å². The smallest absolute Gasteiger partial charge is 0.744 e. The molecule has 1 aromatic carbocycles. The average Bonchev–Trinajstić information content (AvgIpc) is 2.98. The number of hydrogen-bond donors (Lipinski definition) is 0. The van der Waals surface area contributed by atoms with Gasteiger partial charge < -0.3 is 4.55 Å². The predicted molar refractivity (Wildman–Crippen MR) is 182 cm³/mol. The van der Waals surface area contributed by atoms with Crippen molar-refractivity contribution in [2.45, 2.75) is 211 Å². The molecule has 0 radical (unpaired) electrons. The molecule has 0 aliphatic carbocycles. The van der Waals surface area contributed by atoms with Crippen LogP contribution in [0.4, 0.5) is 0 Å². The Morgan fingerprint density at radius 2 is 0.744 bits per heavy atom. The zero-order valence-corrected chi connectivity index (χ0v) is 32.8. The van der Waals surface area contributed by atoms with Crippen molar-refractivity contribution in [2.75, 3.05) is 0 Å². The Morgan fingerprint density at radius 1 is 0.465 bits per heavy atom. The van der Waals surface area contributed by atoms with Crippen LogP contribution in [0.25, 0.3) is 0 Å². The van der Waals surface area contributed by atoms with Crippen molar-refractivity contribution in [2.24, 2.45) is 0 Å². The summed E-state index contributed by atoms with van der Waals surface area (Å²) in [5.74, 6) is 0. The van der Waals surface area contributed by atoms with Crippen molar-refractivity contribution < 1.29 is 64.4 Å². The van der Waals surface area contributed by atoms with E-state index in [-0.39, 0.29) is 56.3 Å². The summed E-state index contributed by atoms with van der Waals surface area (Å²) >= 11 is 0. The molecule has 0 amide bonds. The van der Waals surface area contributed by atoms with Gasteiger partial charge in [0.05, 0.1) is 4.90 Å². The molecular weight excluding hydrogens is 576 g/mol. The molecule has 0 bridgehead atoms. The summed E-state index contributed by atoms with van der Waals surface area (Å²) in [6.45, 7) is 2.30. The van der Waals surface area contributed by atoms with Crippen molar-refractivity contribution in [3.05, 3.63) is 29.8 Å². The van der Waals surface area contributed by atoms with Crippen LogP contribution in [0.5, 0.6) is 0 Å². The number of unbranched alkanes of at least 4 members (excludes halogenated alkanes) is 29. The molecule has 0 aliphatic heterocycles. The van der Waals surface area contributed by atoms with E-state index in [4.69, 9.17) is 0 Å². The largest absolute Gasteiger partial charge is 1.00 e. The normalized spacial score (nSPS) is 11.6. The van der Waals surface area contributed by atoms with Crippen molar-refractivity contribution in [1.29, 1.82) is 0 Å². The summed E-state index contributed by atoms with van der Waals surface area (Å²) in [6.07, 6.45) is 43.0. The first-order valence-corrected chi connectivity index (χ1v) is 20.0. The first kappa shape index (κ1) is 43.8. The van der Waals surface area contributed by atoms with Crippen molar-refractivity contribution in [3.8, 4) is 0 Å². The van der Waals surface area contributed by atoms with Crippen LogP contribution in [0.15, 0.2) is 29.2 Å². The fraction of sp³-hybridized carbons (Fsp3) is 0.842. The van der Waals surface area contributed by atoms with Crippen LogP contribution in [0.2, 0.25) is 0 Å². The number of rotatable bonds is 32. The van der Waals surface area contributed by atoms with Crippen LogP contribution in [-0.4, -0.2) is 13.0 Å². The van der Waals surface area contributed by atoms with Crippen LogP contribution in [0.3, 0.4) is 0 Å². The average molecular weight is 645 g/mol. The maximum absolute atomic E-state index is 11.1. The van der Waals surface area contributed by atoms with Crippen molar-refractivity contribution in [1.82, 2.24) is 0 Å². The van der Waals surface area contributed by atoms with E-state index in [1.807, 2.05) is 6.07 Å². The van der Waals surface area contributed by atoms with E-state index in [1.54, 1.807) is 6.07 Å². The minimum Gasteiger partial charge on any atom is -0.744 e. The number of benzene rings is 1. The molecule has 0 spiro atoms. The Morgan fingerprint density at radius 3 is 1.02 bits per heavy atom. The fourth-order valence-corrected chi connectivity index (χ4v) is 6.75. The van der Waals surface area contributed by atoms with Gasteiger partial charge in [0.1, 0.15) is 10.1 Å². The molecule has 0 heterocycles. The molecule has 5 heteroatoms. The van der Waals surface area contributed by atoms with Crippen LogP contribution in [-0.2, 0) is 16.5 Å². The Balaban J connectivity index is 0.0000176. The van der Waals surface area contributed by atoms with Gasteiger partial charge in [0.2, 0.25) is 0 Å². The van der Waals surface area contributed by atoms with Gasteiger partial charge in [-0.1, -0.05) is 205 Å². The molecule has 0 unspecified atom stereocenters. The van der Waals surface area contributed by atoms with Crippen molar-refractivity contribution >= 4 is 10.1 Å². The van der Waals surface area contributed by atoms with E-state index >= 15 is 0 Å². The molecule has 0 aromatic heterocycles. The minimum absolute atomic E-state index is 0.